The van der Waals surface area contributed by atoms with Gasteiger partial charge in [0.15, 0.2) is 0 Å². The highest BCUT2D eigenvalue weighted by Gasteiger charge is 2.15. The van der Waals surface area contributed by atoms with E-state index in [-0.39, 0.29) is 18.2 Å². The molecule has 1 aliphatic heterocycles. The van der Waals surface area contributed by atoms with E-state index in [1.54, 1.807) is 6.07 Å². The summed E-state index contributed by atoms with van der Waals surface area (Å²) < 4.78 is 5.07. The van der Waals surface area contributed by atoms with Crippen molar-refractivity contribution in [1.82, 2.24) is 10.6 Å². The number of rotatable bonds is 6. The van der Waals surface area contributed by atoms with E-state index in [4.69, 9.17) is 9.52 Å². The van der Waals surface area contributed by atoms with Crippen LogP contribution in [0.4, 0.5) is 0 Å². The van der Waals surface area contributed by atoms with Crippen LogP contribution in [0.3, 0.4) is 0 Å². The van der Waals surface area contributed by atoms with Gasteiger partial charge in [0.2, 0.25) is 11.7 Å². The van der Waals surface area contributed by atoms with Crippen molar-refractivity contribution in [2.45, 2.75) is 32.2 Å². The van der Waals surface area contributed by atoms with Crippen LogP contribution < -0.4 is 10.6 Å². The molecule has 0 aliphatic carbocycles. The van der Waals surface area contributed by atoms with E-state index in [0.717, 1.165) is 32.4 Å². The zero-order valence-corrected chi connectivity index (χ0v) is 11.4. The predicted molar refractivity (Wildman–Crippen MR) is 72.3 cm³/mol. The zero-order valence-electron chi connectivity index (χ0n) is 11.4. The van der Waals surface area contributed by atoms with Crippen molar-refractivity contribution >= 4 is 11.9 Å². The second-order valence-corrected chi connectivity index (χ2v) is 5.08. The van der Waals surface area contributed by atoms with Gasteiger partial charge in [0, 0.05) is 6.42 Å². The standard InChI is InChI=1S/C14H20N2O4/c17-13(4-1-10-5-7-15-8-6-10)16-9-11-2-3-12(20-11)14(18)19/h2-3,10,15H,1,4-9H2,(H,16,17)(H,18,19). The number of hydrogen-bond donors (Lipinski definition) is 3. The van der Waals surface area contributed by atoms with Crippen LogP contribution in [0.5, 0.6) is 0 Å². The molecule has 0 unspecified atom stereocenters. The second-order valence-electron chi connectivity index (χ2n) is 5.08. The molecule has 0 atom stereocenters. The highest BCUT2D eigenvalue weighted by Crippen LogP contribution is 2.17. The number of hydrogen-bond acceptors (Lipinski definition) is 4. The lowest BCUT2D eigenvalue weighted by atomic mass is 9.93. The smallest absolute Gasteiger partial charge is 0.371 e. The maximum Gasteiger partial charge on any atom is 0.371 e. The summed E-state index contributed by atoms with van der Waals surface area (Å²) >= 11 is 0. The normalized spacial score (nSPS) is 16.0. The first-order chi connectivity index (χ1) is 9.65. The van der Waals surface area contributed by atoms with Crippen molar-refractivity contribution in [3.8, 4) is 0 Å². The van der Waals surface area contributed by atoms with E-state index in [2.05, 4.69) is 10.6 Å². The molecule has 1 fully saturated rings. The van der Waals surface area contributed by atoms with E-state index >= 15 is 0 Å². The van der Waals surface area contributed by atoms with E-state index in [1.807, 2.05) is 0 Å². The molecule has 6 nitrogen and oxygen atoms in total. The van der Waals surface area contributed by atoms with Crippen molar-refractivity contribution < 1.29 is 19.1 Å². The molecular weight excluding hydrogens is 260 g/mol. The molecule has 1 aromatic heterocycles. The molecule has 2 rings (SSSR count). The molecule has 1 amide bonds. The third kappa shape index (κ3) is 4.38. The fourth-order valence-electron chi connectivity index (χ4n) is 2.37. The number of carboxylic acids is 1. The monoisotopic (exact) mass is 280 g/mol. The topological polar surface area (TPSA) is 91.6 Å². The molecule has 2 heterocycles. The van der Waals surface area contributed by atoms with Gasteiger partial charge in [0.1, 0.15) is 5.76 Å². The third-order valence-corrected chi connectivity index (χ3v) is 3.57. The average Bonchev–Trinajstić information content (AvgIpc) is 2.93. The summed E-state index contributed by atoms with van der Waals surface area (Å²) in [7, 11) is 0. The Labute approximate surface area is 117 Å². The molecule has 3 N–H and O–H groups in total. The highest BCUT2D eigenvalue weighted by molar-refractivity contribution is 5.84. The minimum atomic E-state index is -1.10. The van der Waals surface area contributed by atoms with Gasteiger partial charge in [-0.1, -0.05) is 0 Å². The Hall–Kier alpha value is -1.82. The number of piperidine rings is 1. The summed E-state index contributed by atoms with van der Waals surface area (Å²) in [6.45, 7) is 2.31. The van der Waals surface area contributed by atoms with Gasteiger partial charge in [0.25, 0.3) is 0 Å². The lowest BCUT2D eigenvalue weighted by Gasteiger charge is -2.22. The molecule has 0 saturated carbocycles. The second kappa shape index (κ2) is 7.09. The first-order valence-electron chi connectivity index (χ1n) is 6.94. The van der Waals surface area contributed by atoms with Crippen molar-refractivity contribution in [2.75, 3.05) is 13.1 Å². The summed E-state index contributed by atoms with van der Waals surface area (Å²) in [6, 6.07) is 2.95. The quantitative estimate of drug-likeness (QED) is 0.732. The van der Waals surface area contributed by atoms with Gasteiger partial charge >= 0.3 is 5.97 Å². The van der Waals surface area contributed by atoms with Crippen LogP contribution in [0.2, 0.25) is 0 Å². The number of carbonyl (C=O) groups excluding carboxylic acids is 1. The molecule has 0 bridgehead atoms. The van der Waals surface area contributed by atoms with Gasteiger partial charge in [-0.15, -0.1) is 0 Å². The fourth-order valence-corrected chi connectivity index (χ4v) is 2.37. The maximum atomic E-state index is 11.7. The maximum absolute atomic E-state index is 11.7. The van der Waals surface area contributed by atoms with Gasteiger partial charge in [-0.2, -0.15) is 0 Å². The van der Waals surface area contributed by atoms with Crippen molar-refractivity contribution in [3.63, 3.8) is 0 Å². The molecule has 110 valence electrons. The molecular formula is C14H20N2O4. The SMILES string of the molecule is O=C(CCC1CCNCC1)NCc1ccc(C(=O)O)o1. The van der Waals surface area contributed by atoms with Crippen molar-refractivity contribution in [3.05, 3.63) is 23.7 Å². The summed E-state index contributed by atoms with van der Waals surface area (Å²) in [4.78, 5) is 22.4. The first-order valence-corrected chi connectivity index (χ1v) is 6.94. The number of nitrogens with one attached hydrogen (secondary N) is 2. The van der Waals surface area contributed by atoms with E-state index in [0.29, 0.717) is 18.1 Å². The molecule has 1 saturated heterocycles. The number of carbonyl (C=O) groups is 2. The Morgan fingerprint density at radius 1 is 1.35 bits per heavy atom. The van der Waals surface area contributed by atoms with Gasteiger partial charge < -0.3 is 20.2 Å². The fraction of sp³-hybridized carbons (Fsp3) is 0.571. The average molecular weight is 280 g/mol. The molecule has 1 aliphatic rings. The van der Waals surface area contributed by atoms with Gasteiger partial charge in [0.05, 0.1) is 6.54 Å². The number of carboxylic acid groups (broad SMARTS) is 1. The van der Waals surface area contributed by atoms with Crippen molar-refractivity contribution in [2.24, 2.45) is 5.92 Å². The summed E-state index contributed by atoms with van der Waals surface area (Å²) in [5.41, 5.74) is 0. The van der Waals surface area contributed by atoms with Crippen LogP contribution in [0.1, 0.15) is 42.0 Å². The Kier molecular flexibility index (Phi) is 5.17. The molecule has 1 aromatic rings. The number of amides is 1. The number of aromatic carboxylic acids is 1. The first kappa shape index (κ1) is 14.6. The summed E-state index contributed by atoms with van der Waals surface area (Å²) in [6.07, 6.45) is 3.68. The summed E-state index contributed by atoms with van der Waals surface area (Å²) in [5, 5.41) is 14.8. The van der Waals surface area contributed by atoms with Crippen molar-refractivity contribution in [1.29, 1.82) is 0 Å². The van der Waals surface area contributed by atoms with Crippen LogP contribution >= 0.6 is 0 Å². The van der Waals surface area contributed by atoms with E-state index in [9.17, 15) is 9.59 Å². The Morgan fingerprint density at radius 3 is 2.75 bits per heavy atom. The molecule has 0 aromatic carbocycles. The van der Waals surface area contributed by atoms with Crippen LogP contribution in [0, 0.1) is 5.92 Å². The predicted octanol–water partition coefficient (Wildman–Crippen LogP) is 1.37. The molecule has 0 radical (unpaired) electrons. The Morgan fingerprint density at radius 2 is 2.10 bits per heavy atom. The van der Waals surface area contributed by atoms with Crippen LogP contribution in [0.15, 0.2) is 16.5 Å². The van der Waals surface area contributed by atoms with Gasteiger partial charge in [-0.05, 0) is 50.4 Å². The lowest BCUT2D eigenvalue weighted by molar-refractivity contribution is -0.121. The molecule has 6 heteroatoms. The largest absolute Gasteiger partial charge is 0.475 e. The highest BCUT2D eigenvalue weighted by atomic mass is 16.4. The minimum Gasteiger partial charge on any atom is -0.475 e. The van der Waals surface area contributed by atoms with Crippen LogP contribution in [0.25, 0.3) is 0 Å². The third-order valence-electron chi connectivity index (χ3n) is 3.57. The van der Waals surface area contributed by atoms with Gasteiger partial charge in [-0.25, -0.2) is 4.79 Å². The lowest BCUT2D eigenvalue weighted by Crippen LogP contribution is -2.29. The van der Waals surface area contributed by atoms with E-state index in [1.165, 1.54) is 6.07 Å². The van der Waals surface area contributed by atoms with Crippen LogP contribution in [-0.2, 0) is 11.3 Å². The molecule has 20 heavy (non-hydrogen) atoms. The zero-order chi connectivity index (χ0) is 14.4. The van der Waals surface area contributed by atoms with E-state index < -0.39 is 5.97 Å². The van der Waals surface area contributed by atoms with Crippen LogP contribution in [-0.4, -0.2) is 30.1 Å². The Bertz CT molecular complexity index is 463. The molecule has 0 spiro atoms. The number of furan rings is 1. The summed E-state index contributed by atoms with van der Waals surface area (Å²) in [5.74, 6) is -0.143. The van der Waals surface area contributed by atoms with Gasteiger partial charge in [-0.3, -0.25) is 4.79 Å². The minimum absolute atomic E-state index is 0.0168. The Balaban J connectivity index is 1.67.